The van der Waals surface area contributed by atoms with Crippen LogP contribution in [0.15, 0.2) is 91.0 Å². The van der Waals surface area contributed by atoms with Crippen molar-refractivity contribution >= 4 is 82.0 Å². The monoisotopic (exact) mass is 348 g/mol. The Morgan fingerprint density at radius 3 is 0.900 bits per heavy atom. The number of hydrogen-bond donors (Lipinski definition) is 0. The van der Waals surface area contributed by atoms with E-state index in [0.717, 1.165) is 0 Å². The van der Waals surface area contributed by atoms with Gasteiger partial charge in [-0.1, -0.05) is 91.0 Å². The van der Waals surface area contributed by atoms with Crippen LogP contribution in [0.2, 0.25) is 0 Å². The molecule has 0 bridgehead atoms. The van der Waals surface area contributed by atoms with E-state index in [1.807, 2.05) is 0 Å². The van der Waals surface area contributed by atoms with E-state index in [-0.39, 0.29) is 58.2 Å². The predicted octanol–water partition coefficient (Wildman–Crippen LogP) is 2.80. The third-order valence-corrected chi connectivity index (χ3v) is 5.49. The van der Waals surface area contributed by atoms with Crippen LogP contribution < -0.4 is 15.9 Å². The Morgan fingerprint density at radius 1 is 0.400 bits per heavy atom. The Kier molecular flexibility index (Phi) is 6.80. The average Bonchev–Trinajstić information content (AvgIpc) is 2.51. The minimum absolute atomic E-state index is 0. The molecule has 0 aliphatic carbocycles. The molecule has 0 radical (unpaired) electrons. The first-order chi connectivity index (χ1) is 9.45. The van der Waals surface area contributed by atoms with E-state index in [1.165, 1.54) is 15.9 Å². The molecule has 0 N–H and O–H groups in total. The maximum Gasteiger partial charge on any atom is -0.0134 e. The summed E-state index contributed by atoms with van der Waals surface area (Å²) in [6.45, 7) is 0. The van der Waals surface area contributed by atoms with Crippen LogP contribution in [0.3, 0.4) is 0 Å². The summed E-state index contributed by atoms with van der Waals surface area (Å²) in [5.74, 6) is 0. The van der Waals surface area contributed by atoms with Crippen molar-refractivity contribution in [3.05, 3.63) is 91.0 Å². The van der Waals surface area contributed by atoms with Crippen LogP contribution in [-0.2, 0) is 0 Å². The van der Waals surface area contributed by atoms with Gasteiger partial charge in [-0.3, -0.25) is 0 Å². The van der Waals surface area contributed by atoms with Gasteiger partial charge in [0.05, 0.1) is 0 Å². The van der Waals surface area contributed by atoms with Crippen LogP contribution in [0.5, 0.6) is 0 Å². The van der Waals surface area contributed by atoms with E-state index in [9.17, 15) is 0 Å². The first-order valence-corrected chi connectivity index (χ1v) is 7.74. The van der Waals surface area contributed by atoms with Gasteiger partial charge in [0, 0.05) is 0 Å². The minimum atomic E-state index is -0.446. The summed E-state index contributed by atoms with van der Waals surface area (Å²) in [6.07, 6.45) is 0. The molecule has 0 aliphatic heterocycles. The molecular formula is C18H16PRb. The van der Waals surface area contributed by atoms with Crippen LogP contribution in [0.25, 0.3) is 0 Å². The number of rotatable bonds is 3. The summed E-state index contributed by atoms with van der Waals surface area (Å²) in [4.78, 5) is 0. The van der Waals surface area contributed by atoms with E-state index in [4.69, 9.17) is 0 Å². The van der Waals surface area contributed by atoms with E-state index >= 15 is 0 Å². The van der Waals surface area contributed by atoms with Gasteiger partial charge >= 0.3 is 58.2 Å². The molecule has 2 heteroatoms. The molecular weight excluding hydrogens is 333 g/mol. The minimum Gasteiger partial charge on any atom is -0.0622 e. The molecule has 0 saturated heterocycles. The molecule has 0 atom stereocenters. The predicted molar refractivity (Wildman–Crippen MR) is 92.3 cm³/mol. The molecule has 3 aromatic carbocycles. The summed E-state index contributed by atoms with van der Waals surface area (Å²) >= 11 is 0. The Balaban J connectivity index is 0.00000147. The zero-order valence-electron chi connectivity index (χ0n) is 10.6. The van der Waals surface area contributed by atoms with Crippen LogP contribution >= 0.6 is 7.92 Å². The Morgan fingerprint density at radius 2 is 0.650 bits per heavy atom. The van der Waals surface area contributed by atoms with Gasteiger partial charge in [-0.2, -0.15) is 0 Å². The summed E-state index contributed by atoms with van der Waals surface area (Å²) in [6, 6.07) is 32.3. The second-order valence-corrected chi connectivity index (χ2v) is 6.56. The van der Waals surface area contributed by atoms with Gasteiger partial charge in [0.2, 0.25) is 0 Å². The third kappa shape index (κ3) is 3.96. The molecule has 0 saturated carbocycles. The van der Waals surface area contributed by atoms with Gasteiger partial charge < -0.3 is 0 Å². The second-order valence-electron chi connectivity index (χ2n) is 4.34. The van der Waals surface area contributed by atoms with Crippen molar-refractivity contribution in [2.75, 3.05) is 0 Å². The maximum absolute atomic E-state index is 2.23. The van der Waals surface area contributed by atoms with Gasteiger partial charge in [0.1, 0.15) is 0 Å². The fourth-order valence-electron chi connectivity index (χ4n) is 2.18. The van der Waals surface area contributed by atoms with Gasteiger partial charge in [-0.15, -0.1) is 0 Å². The summed E-state index contributed by atoms with van der Waals surface area (Å²) in [5, 5.41) is 4.19. The van der Waals surface area contributed by atoms with Crippen molar-refractivity contribution in [1.29, 1.82) is 0 Å². The maximum atomic E-state index is 2.23. The average molecular weight is 349 g/mol. The fraction of sp³-hybridized carbons (Fsp3) is 0. The first-order valence-electron chi connectivity index (χ1n) is 6.40. The zero-order chi connectivity index (χ0) is 12.9. The number of benzene rings is 3. The van der Waals surface area contributed by atoms with Crippen molar-refractivity contribution in [3.8, 4) is 0 Å². The van der Waals surface area contributed by atoms with E-state index < -0.39 is 7.92 Å². The van der Waals surface area contributed by atoms with Gasteiger partial charge in [-0.25, -0.2) is 0 Å². The fourth-order valence-corrected chi connectivity index (χ4v) is 4.48. The van der Waals surface area contributed by atoms with Crippen molar-refractivity contribution in [1.82, 2.24) is 0 Å². The van der Waals surface area contributed by atoms with Crippen molar-refractivity contribution in [2.45, 2.75) is 0 Å². The summed E-state index contributed by atoms with van der Waals surface area (Å²) in [5.41, 5.74) is 0. The van der Waals surface area contributed by atoms with E-state index in [2.05, 4.69) is 91.0 Å². The van der Waals surface area contributed by atoms with Crippen LogP contribution in [-0.4, -0.2) is 58.2 Å². The molecule has 0 nitrogen and oxygen atoms in total. The SMILES string of the molecule is [RbH].c1ccc(P(c2ccccc2)c2ccccc2)cc1. The van der Waals surface area contributed by atoms with E-state index in [1.54, 1.807) is 0 Å². The molecule has 0 unspecified atom stereocenters. The molecule has 0 spiro atoms. The topological polar surface area (TPSA) is 0 Å². The molecule has 0 aromatic heterocycles. The molecule has 0 heterocycles. The van der Waals surface area contributed by atoms with Gasteiger partial charge in [-0.05, 0) is 23.8 Å². The normalized spacial score (nSPS) is 10.1. The summed E-state index contributed by atoms with van der Waals surface area (Å²) < 4.78 is 0. The Labute approximate surface area is 170 Å². The molecule has 0 amide bonds. The molecule has 3 rings (SSSR count). The largest absolute Gasteiger partial charge is 0.0622 e. The number of hydrogen-bond acceptors (Lipinski definition) is 0. The standard InChI is InChI=1S/C18H15P.Rb.H/c1-4-10-16(11-5-1)19(17-12-6-2-7-13-17)18-14-8-3-9-15-18;;/h1-15H;;. The van der Waals surface area contributed by atoms with Gasteiger partial charge in [0.25, 0.3) is 0 Å². The molecule has 0 fully saturated rings. The van der Waals surface area contributed by atoms with Crippen molar-refractivity contribution < 1.29 is 0 Å². The summed E-state index contributed by atoms with van der Waals surface area (Å²) in [7, 11) is -0.446. The second kappa shape index (κ2) is 8.37. The molecule has 0 aliphatic rings. The van der Waals surface area contributed by atoms with Gasteiger partial charge in [0.15, 0.2) is 0 Å². The Hall–Kier alpha value is -0.105. The first kappa shape index (κ1) is 16.3. The third-order valence-electron chi connectivity index (χ3n) is 3.04. The van der Waals surface area contributed by atoms with Crippen LogP contribution in [0.4, 0.5) is 0 Å². The quantitative estimate of drug-likeness (QED) is 0.639. The molecule has 20 heavy (non-hydrogen) atoms. The van der Waals surface area contributed by atoms with Crippen LogP contribution in [0, 0.1) is 0 Å². The molecule has 3 aromatic rings. The van der Waals surface area contributed by atoms with Crippen LogP contribution in [0.1, 0.15) is 0 Å². The smallest absolute Gasteiger partial charge is 0.0134 e. The Bertz CT molecular complexity index is 529. The van der Waals surface area contributed by atoms with E-state index in [0.29, 0.717) is 0 Å². The zero-order valence-corrected chi connectivity index (χ0v) is 11.5. The van der Waals surface area contributed by atoms with Crippen molar-refractivity contribution in [2.24, 2.45) is 0 Å². The molecule has 94 valence electrons. The van der Waals surface area contributed by atoms with Crippen molar-refractivity contribution in [3.63, 3.8) is 0 Å².